The van der Waals surface area contributed by atoms with Crippen LogP contribution in [0.5, 0.6) is 0 Å². The van der Waals surface area contributed by atoms with Crippen molar-refractivity contribution in [3.8, 4) is 0 Å². The number of aromatic nitrogens is 3. The van der Waals surface area contributed by atoms with Gasteiger partial charge in [0.05, 0.1) is 28.3 Å². The molecule has 1 N–H and O–H groups in total. The van der Waals surface area contributed by atoms with Gasteiger partial charge in [0, 0.05) is 25.6 Å². The first-order valence-electron chi connectivity index (χ1n) is 7.55. The summed E-state index contributed by atoms with van der Waals surface area (Å²) in [6.45, 7) is 2.00. The van der Waals surface area contributed by atoms with Crippen molar-refractivity contribution in [2.75, 3.05) is 13.2 Å². The van der Waals surface area contributed by atoms with Crippen LogP contribution < -0.4 is 0 Å². The van der Waals surface area contributed by atoms with Crippen LogP contribution in [0.4, 0.5) is 13.2 Å². The fourth-order valence-electron chi connectivity index (χ4n) is 2.67. The van der Waals surface area contributed by atoms with E-state index in [1.807, 2.05) is 0 Å². The van der Waals surface area contributed by atoms with E-state index in [0.29, 0.717) is 10.9 Å². The van der Waals surface area contributed by atoms with Gasteiger partial charge in [-0.2, -0.15) is 13.2 Å². The Kier molecular flexibility index (Phi) is 4.30. The Morgan fingerprint density at radius 1 is 1.17 bits per heavy atom. The average Bonchev–Trinajstić information content (AvgIpc) is 2.53. The molecule has 0 radical (unpaired) electrons. The highest BCUT2D eigenvalue weighted by Gasteiger charge is 2.30. The predicted molar refractivity (Wildman–Crippen MR) is 82.2 cm³/mol. The smallest absolute Gasteiger partial charge is 0.381 e. The highest BCUT2D eigenvalue weighted by Crippen LogP contribution is 2.33. The molecule has 3 aromatic rings. The van der Waals surface area contributed by atoms with Gasteiger partial charge in [-0.3, -0.25) is 14.8 Å². The third kappa shape index (κ3) is 3.34. The number of pyridine rings is 1. The molecule has 0 aliphatic carbocycles. The summed E-state index contributed by atoms with van der Waals surface area (Å²) >= 11 is 0. The van der Waals surface area contributed by atoms with Crippen LogP contribution in [-0.4, -0.2) is 28.0 Å². The number of rotatable bonds is 0. The third-order valence-electron chi connectivity index (χ3n) is 3.87. The highest BCUT2D eigenvalue weighted by molar-refractivity contribution is 6.03. The molecule has 3 heterocycles. The molecule has 7 heteroatoms. The second-order valence-electron chi connectivity index (χ2n) is 5.59. The number of benzene rings is 1. The topological polar surface area (TPSA) is 42.8 Å². The molecule has 124 valence electrons. The average molecular weight is 325 g/mol. The Bertz CT molecular complexity index is 788. The van der Waals surface area contributed by atoms with E-state index in [9.17, 15) is 13.2 Å². The minimum absolute atomic E-state index is 0.513. The van der Waals surface area contributed by atoms with Crippen molar-refractivity contribution < 1.29 is 17.9 Å². The second-order valence-corrected chi connectivity index (χ2v) is 5.59. The summed E-state index contributed by atoms with van der Waals surface area (Å²) in [6, 6.07) is 3.58. The van der Waals surface area contributed by atoms with Gasteiger partial charge in [0.2, 0.25) is 0 Å². The van der Waals surface area contributed by atoms with Gasteiger partial charge in [0.1, 0.15) is 0 Å². The number of aromatic amines is 1. The molecule has 1 aliphatic heterocycles. The van der Waals surface area contributed by atoms with Crippen molar-refractivity contribution in [1.82, 2.24) is 14.8 Å². The standard InChI is InChI=1S/C11H8F3N3.C5H10O/c1-17-10-7-4-6(11(12,13)14)2-3-8(7)15-5-9(10)16-17;1-2-4-6-5-3-1/h2-5,16H,1H3;1-5H2. The molecule has 4 nitrogen and oxygen atoms in total. The Hall–Kier alpha value is -2.02. The van der Waals surface area contributed by atoms with Gasteiger partial charge in [0.15, 0.2) is 0 Å². The Morgan fingerprint density at radius 3 is 2.43 bits per heavy atom. The molecule has 1 saturated heterocycles. The lowest BCUT2D eigenvalue weighted by atomic mass is 10.1. The van der Waals surface area contributed by atoms with Crippen molar-refractivity contribution in [2.45, 2.75) is 25.4 Å². The normalized spacial score (nSPS) is 15.7. The Morgan fingerprint density at radius 2 is 1.91 bits per heavy atom. The number of halogens is 3. The second kappa shape index (κ2) is 6.23. The minimum Gasteiger partial charge on any atom is -0.381 e. The van der Waals surface area contributed by atoms with Crippen LogP contribution in [0.3, 0.4) is 0 Å². The van der Waals surface area contributed by atoms with Crippen molar-refractivity contribution >= 4 is 21.9 Å². The lowest BCUT2D eigenvalue weighted by Gasteiger charge is -2.15. The van der Waals surface area contributed by atoms with E-state index in [1.165, 1.54) is 25.3 Å². The quantitative estimate of drug-likeness (QED) is 0.671. The first-order chi connectivity index (χ1) is 11.0. The molecular weight excluding hydrogens is 307 g/mol. The van der Waals surface area contributed by atoms with Crippen molar-refractivity contribution in [1.29, 1.82) is 0 Å². The van der Waals surface area contributed by atoms with Gasteiger partial charge in [0.25, 0.3) is 0 Å². The summed E-state index contributed by atoms with van der Waals surface area (Å²) in [5, 5.41) is 3.44. The zero-order valence-corrected chi connectivity index (χ0v) is 12.8. The molecule has 0 amide bonds. The maximum Gasteiger partial charge on any atom is 0.416 e. The molecule has 1 aromatic carbocycles. The zero-order valence-electron chi connectivity index (χ0n) is 12.8. The number of ether oxygens (including phenoxy) is 1. The number of alkyl halides is 3. The Labute approximate surface area is 131 Å². The van der Waals surface area contributed by atoms with Gasteiger partial charge < -0.3 is 4.74 Å². The van der Waals surface area contributed by atoms with Gasteiger partial charge in [-0.1, -0.05) is 0 Å². The molecule has 0 atom stereocenters. The van der Waals surface area contributed by atoms with Gasteiger partial charge in [-0.05, 0) is 37.5 Å². The fraction of sp³-hybridized carbons (Fsp3) is 0.438. The summed E-state index contributed by atoms with van der Waals surface area (Å²) in [5.74, 6) is 0. The lowest BCUT2D eigenvalue weighted by Crippen LogP contribution is -2.08. The summed E-state index contributed by atoms with van der Waals surface area (Å²) in [6.07, 6.45) is 1.22. The number of hydrogen-bond acceptors (Lipinski definition) is 2. The van der Waals surface area contributed by atoms with E-state index in [2.05, 4.69) is 10.1 Å². The molecule has 23 heavy (non-hydrogen) atoms. The maximum atomic E-state index is 12.6. The van der Waals surface area contributed by atoms with Crippen molar-refractivity contribution in [3.05, 3.63) is 30.0 Å². The lowest BCUT2D eigenvalue weighted by molar-refractivity contribution is -0.137. The highest BCUT2D eigenvalue weighted by atomic mass is 19.4. The van der Waals surface area contributed by atoms with E-state index in [4.69, 9.17) is 4.74 Å². The van der Waals surface area contributed by atoms with E-state index < -0.39 is 11.7 Å². The first kappa shape index (κ1) is 15.9. The Balaban J connectivity index is 0.000000220. The number of nitrogens with zero attached hydrogens (tertiary/aromatic N) is 2. The molecule has 0 bridgehead atoms. The summed E-state index contributed by atoms with van der Waals surface area (Å²) < 4.78 is 44.6. The van der Waals surface area contributed by atoms with E-state index in [1.54, 1.807) is 17.9 Å². The van der Waals surface area contributed by atoms with E-state index >= 15 is 0 Å². The molecule has 0 saturated carbocycles. The summed E-state index contributed by atoms with van der Waals surface area (Å²) in [4.78, 5) is 4.09. The molecule has 1 fully saturated rings. The first-order valence-corrected chi connectivity index (χ1v) is 7.55. The monoisotopic (exact) mass is 325 g/mol. The van der Waals surface area contributed by atoms with Crippen molar-refractivity contribution in [3.63, 3.8) is 0 Å². The van der Waals surface area contributed by atoms with Gasteiger partial charge in [-0.25, -0.2) is 0 Å². The van der Waals surface area contributed by atoms with Crippen LogP contribution in [0.15, 0.2) is 24.4 Å². The van der Waals surface area contributed by atoms with Crippen molar-refractivity contribution in [2.24, 2.45) is 7.05 Å². The van der Waals surface area contributed by atoms with Crippen LogP contribution in [0.1, 0.15) is 24.8 Å². The number of hydrogen-bond donors (Lipinski definition) is 1. The molecule has 0 unspecified atom stereocenters. The summed E-state index contributed by atoms with van der Waals surface area (Å²) in [7, 11) is 1.75. The molecule has 2 aromatic heterocycles. The number of aryl methyl sites for hydroxylation is 1. The largest absolute Gasteiger partial charge is 0.416 e. The molecular formula is C16H18F3N3O. The van der Waals surface area contributed by atoms with Crippen LogP contribution in [0, 0.1) is 0 Å². The van der Waals surface area contributed by atoms with Crippen LogP contribution in [-0.2, 0) is 18.0 Å². The third-order valence-corrected chi connectivity index (χ3v) is 3.87. The molecule has 1 aliphatic rings. The van der Waals surface area contributed by atoms with E-state index in [-0.39, 0.29) is 0 Å². The fourth-order valence-corrected chi connectivity index (χ4v) is 2.67. The SMILES string of the molecule is C1CCOCC1.Cn1[nH]c2cnc3ccc(C(F)(F)F)cc3c21. The number of nitrogens with one attached hydrogen (secondary N) is 1. The summed E-state index contributed by atoms with van der Waals surface area (Å²) in [5.41, 5.74) is 1.41. The number of H-pyrrole nitrogens is 1. The molecule has 0 spiro atoms. The molecule has 4 rings (SSSR count). The minimum atomic E-state index is -4.33. The maximum absolute atomic E-state index is 12.6. The van der Waals surface area contributed by atoms with E-state index in [0.717, 1.165) is 36.4 Å². The predicted octanol–water partition coefficient (Wildman–Crippen LogP) is 4.26. The van der Waals surface area contributed by atoms with Gasteiger partial charge in [-0.15, -0.1) is 0 Å². The van der Waals surface area contributed by atoms with Crippen LogP contribution in [0.25, 0.3) is 21.9 Å². The zero-order chi connectivity index (χ0) is 16.4. The van der Waals surface area contributed by atoms with Gasteiger partial charge >= 0.3 is 6.18 Å². The number of fused-ring (bicyclic) bond motifs is 3. The van der Waals surface area contributed by atoms with Crippen LogP contribution >= 0.6 is 0 Å². The van der Waals surface area contributed by atoms with Crippen LogP contribution in [0.2, 0.25) is 0 Å².